The van der Waals surface area contributed by atoms with Gasteiger partial charge in [0, 0.05) is 19.2 Å². The summed E-state index contributed by atoms with van der Waals surface area (Å²) in [5.74, 6) is 0.0663. The van der Waals surface area contributed by atoms with Gasteiger partial charge in [-0.25, -0.2) is 4.98 Å². The molecule has 0 radical (unpaired) electrons. The van der Waals surface area contributed by atoms with E-state index in [4.69, 9.17) is 9.47 Å². The van der Waals surface area contributed by atoms with Crippen LogP contribution in [0.15, 0.2) is 24.5 Å². The van der Waals surface area contributed by atoms with Crippen molar-refractivity contribution in [2.75, 3.05) is 20.3 Å². The monoisotopic (exact) mass is 315 g/mol. The van der Waals surface area contributed by atoms with Gasteiger partial charge in [0.05, 0.1) is 42.2 Å². The third-order valence-electron chi connectivity index (χ3n) is 5.03. The van der Waals surface area contributed by atoms with Gasteiger partial charge in [0.25, 0.3) is 5.91 Å². The Balaban J connectivity index is 1.60. The molecule has 1 amide bonds. The molecule has 0 bridgehead atoms. The van der Waals surface area contributed by atoms with Crippen molar-refractivity contribution < 1.29 is 14.3 Å². The molecular weight excluding hydrogens is 294 g/mol. The topological polar surface area (TPSA) is 67.5 Å². The molecule has 23 heavy (non-hydrogen) atoms. The van der Waals surface area contributed by atoms with Gasteiger partial charge >= 0.3 is 0 Å². The fraction of sp³-hybridized carbons (Fsp3) is 0.529. The van der Waals surface area contributed by atoms with Crippen molar-refractivity contribution in [3.8, 4) is 0 Å². The molecule has 6 heteroatoms. The number of hydrogen-bond acceptors (Lipinski definition) is 4. The number of H-pyrrole nitrogens is 1. The van der Waals surface area contributed by atoms with Gasteiger partial charge in [-0.2, -0.15) is 0 Å². The maximum Gasteiger partial charge on any atom is 0.254 e. The first-order chi connectivity index (χ1) is 11.3. The number of benzene rings is 1. The molecule has 2 aliphatic rings. The number of carbonyl (C=O) groups excluding carboxylic acids is 1. The smallest absolute Gasteiger partial charge is 0.254 e. The summed E-state index contributed by atoms with van der Waals surface area (Å²) in [5.41, 5.74) is 2.46. The van der Waals surface area contributed by atoms with Gasteiger partial charge in [-0.3, -0.25) is 4.79 Å². The highest BCUT2D eigenvalue weighted by molar-refractivity contribution is 5.97. The summed E-state index contributed by atoms with van der Waals surface area (Å²) in [5, 5.41) is 0. The predicted molar refractivity (Wildman–Crippen MR) is 85.3 cm³/mol. The van der Waals surface area contributed by atoms with E-state index in [9.17, 15) is 4.79 Å². The van der Waals surface area contributed by atoms with E-state index >= 15 is 0 Å². The molecule has 0 spiro atoms. The third kappa shape index (κ3) is 2.62. The van der Waals surface area contributed by atoms with Crippen LogP contribution < -0.4 is 0 Å². The SMILES string of the molecule is CO[C@@H]1CC[C@H]2OCCN(C(=O)c3ccc4nc[nH]c4c3)[C@H]2C1. The molecule has 1 saturated heterocycles. The minimum atomic E-state index is 0.0663. The Kier molecular flexibility index (Phi) is 3.79. The molecule has 3 atom stereocenters. The fourth-order valence-electron chi connectivity index (χ4n) is 3.77. The summed E-state index contributed by atoms with van der Waals surface area (Å²) in [6, 6.07) is 5.72. The number of hydrogen-bond donors (Lipinski definition) is 1. The number of rotatable bonds is 2. The van der Waals surface area contributed by atoms with Gasteiger partial charge in [-0.1, -0.05) is 0 Å². The zero-order valence-corrected chi connectivity index (χ0v) is 13.2. The molecule has 2 aromatic rings. The first-order valence-electron chi connectivity index (χ1n) is 8.15. The second-order valence-electron chi connectivity index (χ2n) is 6.28. The van der Waals surface area contributed by atoms with Crippen LogP contribution in [0.5, 0.6) is 0 Å². The molecule has 1 saturated carbocycles. The van der Waals surface area contributed by atoms with Gasteiger partial charge < -0.3 is 19.4 Å². The summed E-state index contributed by atoms with van der Waals surface area (Å²) >= 11 is 0. The fourth-order valence-corrected chi connectivity index (χ4v) is 3.77. The van der Waals surface area contributed by atoms with Gasteiger partial charge in [0.1, 0.15) is 0 Å². The number of nitrogens with zero attached hydrogens (tertiary/aromatic N) is 2. The molecule has 6 nitrogen and oxygen atoms in total. The first-order valence-corrected chi connectivity index (χ1v) is 8.15. The molecule has 2 fully saturated rings. The summed E-state index contributed by atoms with van der Waals surface area (Å²) in [6.07, 6.45) is 4.79. The third-order valence-corrected chi connectivity index (χ3v) is 5.03. The van der Waals surface area contributed by atoms with Gasteiger partial charge in [-0.05, 0) is 37.5 Å². The zero-order chi connectivity index (χ0) is 15.8. The Hall–Kier alpha value is -1.92. The standard InChI is InChI=1S/C17H21N3O3/c1-22-12-3-5-16-15(9-12)20(6-7-23-16)17(21)11-2-4-13-14(8-11)19-10-18-13/h2,4,8,10,12,15-16H,3,5-7,9H2,1H3,(H,18,19)/t12-,15+,16-/m1/s1. The quantitative estimate of drug-likeness (QED) is 0.920. The number of nitrogens with one attached hydrogen (secondary N) is 1. The first kappa shape index (κ1) is 14.7. The van der Waals surface area contributed by atoms with Crippen molar-refractivity contribution >= 4 is 16.9 Å². The molecule has 4 rings (SSSR count). The summed E-state index contributed by atoms with van der Waals surface area (Å²) in [7, 11) is 1.74. The Labute approximate surface area is 134 Å². The van der Waals surface area contributed by atoms with Crippen molar-refractivity contribution in [2.24, 2.45) is 0 Å². The Bertz CT molecular complexity index is 714. The van der Waals surface area contributed by atoms with Crippen LogP contribution in [0, 0.1) is 0 Å². The van der Waals surface area contributed by atoms with Crippen molar-refractivity contribution in [1.29, 1.82) is 0 Å². The van der Waals surface area contributed by atoms with E-state index in [0.717, 1.165) is 30.3 Å². The van der Waals surface area contributed by atoms with E-state index < -0.39 is 0 Å². The molecule has 1 N–H and O–H groups in total. The average Bonchev–Trinajstić information content (AvgIpc) is 3.07. The number of carbonyl (C=O) groups is 1. The van der Waals surface area contributed by atoms with Crippen LogP contribution in [-0.4, -0.2) is 59.3 Å². The van der Waals surface area contributed by atoms with E-state index in [1.165, 1.54) is 0 Å². The molecular formula is C17H21N3O3. The van der Waals surface area contributed by atoms with Crippen molar-refractivity contribution in [2.45, 2.75) is 37.5 Å². The van der Waals surface area contributed by atoms with Crippen molar-refractivity contribution in [3.63, 3.8) is 0 Å². The summed E-state index contributed by atoms with van der Waals surface area (Å²) in [6.45, 7) is 1.24. The number of amides is 1. The second-order valence-corrected chi connectivity index (χ2v) is 6.28. The lowest BCUT2D eigenvalue weighted by Gasteiger charge is -2.45. The highest BCUT2D eigenvalue weighted by Gasteiger charge is 2.40. The zero-order valence-electron chi connectivity index (χ0n) is 13.2. The van der Waals surface area contributed by atoms with Crippen LogP contribution in [0.4, 0.5) is 0 Å². The molecule has 1 aliphatic heterocycles. The summed E-state index contributed by atoms with van der Waals surface area (Å²) < 4.78 is 11.4. The van der Waals surface area contributed by atoms with Crippen LogP contribution in [0.1, 0.15) is 29.6 Å². The molecule has 1 aromatic carbocycles. The maximum absolute atomic E-state index is 13.0. The number of aromatic amines is 1. The highest BCUT2D eigenvalue weighted by atomic mass is 16.5. The number of methoxy groups -OCH3 is 1. The molecule has 122 valence electrons. The highest BCUT2D eigenvalue weighted by Crippen LogP contribution is 2.31. The Morgan fingerprint density at radius 2 is 2.35 bits per heavy atom. The van der Waals surface area contributed by atoms with Gasteiger partial charge in [0.2, 0.25) is 0 Å². The van der Waals surface area contributed by atoms with Crippen LogP contribution in [0.25, 0.3) is 11.0 Å². The van der Waals surface area contributed by atoms with Crippen molar-refractivity contribution in [3.05, 3.63) is 30.1 Å². The normalized spacial score (nSPS) is 27.9. The van der Waals surface area contributed by atoms with Crippen LogP contribution in [0.2, 0.25) is 0 Å². The van der Waals surface area contributed by atoms with Crippen LogP contribution >= 0.6 is 0 Å². The predicted octanol–water partition coefficient (Wildman–Crippen LogP) is 1.97. The minimum Gasteiger partial charge on any atom is -0.381 e. The lowest BCUT2D eigenvalue weighted by molar-refractivity contribution is -0.101. The maximum atomic E-state index is 13.0. The lowest BCUT2D eigenvalue weighted by atomic mass is 9.87. The van der Waals surface area contributed by atoms with E-state index in [1.54, 1.807) is 13.4 Å². The Morgan fingerprint density at radius 3 is 3.22 bits per heavy atom. The number of ether oxygens (including phenoxy) is 2. The van der Waals surface area contributed by atoms with Gasteiger partial charge in [0.15, 0.2) is 0 Å². The largest absolute Gasteiger partial charge is 0.381 e. The number of fused-ring (bicyclic) bond motifs is 2. The average molecular weight is 315 g/mol. The molecule has 2 heterocycles. The molecule has 0 unspecified atom stereocenters. The minimum absolute atomic E-state index is 0.0663. The van der Waals surface area contributed by atoms with Crippen LogP contribution in [0.3, 0.4) is 0 Å². The number of aromatic nitrogens is 2. The Morgan fingerprint density at radius 1 is 1.43 bits per heavy atom. The molecule has 1 aromatic heterocycles. The van der Waals surface area contributed by atoms with E-state index in [1.807, 2.05) is 23.1 Å². The second kappa shape index (κ2) is 5.94. The lowest BCUT2D eigenvalue weighted by Crippen LogP contribution is -2.56. The van der Waals surface area contributed by atoms with Crippen molar-refractivity contribution in [1.82, 2.24) is 14.9 Å². The van der Waals surface area contributed by atoms with Gasteiger partial charge in [-0.15, -0.1) is 0 Å². The number of morpholine rings is 1. The van der Waals surface area contributed by atoms with Crippen LogP contribution in [-0.2, 0) is 9.47 Å². The van der Waals surface area contributed by atoms with E-state index in [2.05, 4.69) is 9.97 Å². The summed E-state index contributed by atoms with van der Waals surface area (Å²) in [4.78, 5) is 22.2. The number of imidazole rings is 1. The molecule has 1 aliphatic carbocycles. The van der Waals surface area contributed by atoms with E-state index in [0.29, 0.717) is 18.7 Å². The van der Waals surface area contributed by atoms with E-state index in [-0.39, 0.29) is 24.2 Å².